The zero-order chi connectivity index (χ0) is 19.7. The number of hydrogen-bond donors (Lipinski definition) is 1. The number of aromatic amines is 1. The Morgan fingerprint density at radius 1 is 1.11 bits per heavy atom. The molecule has 0 radical (unpaired) electrons. The minimum Gasteiger partial charge on any atom is -0.295 e. The first kappa shape index (κ1) is 18.3. The lowest BCUT2D eigenvalue weighted by Crippen LogP contribution is -2.19. The third kappa shape index (κ3) is 3.57. The molecule has 0 bridgehead atoms. The topological polar surface area (TPSA) is 93.3 Å². The van der Waals surface area contributed by atoms with Gasteiger partial charge in [0.1, 0.15) is 0 Å². The Bertz CT molecular complexity index is 1110. The van der Waals surface area contributed by atoms with E-state index in [1.165, 1.54) is 28.9 Å². The lowest BCUT2D eigenvalue weighted by molar-refractivity contribution is -0.384. The van der Waals surface area contributed by atoms with Gasteiger partial charge in [0.05, 0.1) is 27.6 Å². The van der Waals surface area contributed by atoms with Crippen molar-refractivity contribution in [3.63, 3.8) is 0 Å². The van der Waals surface area contributed by atoms with E-state index >= 15 is 0 Å². The summed E-state index contributed by atoms with van der Waals surface area (Å²) in [4.78, 5) is 27.9. The quantitative estimate of drug-likeness (QED) is 0.428. The molecule has 0 aliphatic heterocycles. The second kappa shape index (κ2) is 7.03. The van der Waals surface area contributed by atoms with E-state index in [1.54, 1.807) is 13.8 Å². The van der Waals surface area contributed by atoms with E-state index in [9.17, 15) is 14.9 Å². The summed E-state index contributed by atoms with van der Waals surface area (Å²) in [7, 11) is 0. The number of non-ortho nitro benzene ring substituents is 1. The molecule has 2 aromatic carbocycles. The van der Waals surface area contributed by atoms with Crippen LogP contribution >= 0.6 is 0 Å². The van der Waals surface area contributed by atoms with Crippen LogP contribution in [-0.2, 0) is 0 Å². The summed E-state index contributed by atoms with van der Waals surface area (Å²) in [5.41, 5.74) is 5.06. The van der Waals surface area contributed by atoms with Gasteiger partial charge in [0.15, 0.2) is 0 Å². The molecule has 7 nitrogen and oxygen atoms in total. The second-order valence-corrected chi connectivity index (χ2v) is 6.51. The second-order valence-electron chi connectivity index (χ2n) is 6.51. The third-order valence-corrected chi connectivity index (χ3v) is 4.39. The smallest absolute Gasteiger partial charge is 0.280 e. The molecule has 0 amide bonds. The van der Waals surface area contributed by atoms with Crippen molar-refractivity contribution in [3.8, 4) is 5.69 Å². The van der Waals surface area contributed by atoms with Crippen molar-refractivity contribution in [1.82, 2.24) is 9.78 Å². The maximum Gasteiger partial charge on any atom is 0.280 e. The summed E-state index contributed by atoms with van der Waals surface area (Å²) in [6, 6.07) is 11.8. The molecule has 0 saturated carbocycles. The first-order valence-electron chi connectivity index (χ1n) is 8.47. The molecule has 0 aliphatic carbocycles. The van der Waals surface area contributed by atoms with Gasteiger partial charge >= 0.3 is 0 Å². The Hall–Kier alpha value is -3.48. The zero-order valence-corrected chi connectivity index (χ0v) is 15.6. The van der Waals surface area contributed by atoms with Crippen LogP contribution in [0, 0.1) is 30.9 Å². The number of benzene rings is 2. The standard InChI is InChI=1S/C20H20N4O3/c1-12-5-10-18(13(2)11-12)21-14(3)19-15(4)22-23(20(19)25)16-6-8-17(9-7-16)24(26)27/h5-11,22H,1-4H3. The highest BCUT2D eigenvalue weighted by Gasteiger charge is 2.16. The highest BCUT2D eigenvalue weighted by molar-refractivity contribution is 6.01. The van der Waals surface area contributed by atoms with E-state index in [0.717, 1.165) is 16.8 Å². The average Bonchev–Trinajstić information content (AvgIpc) is 2.92. The molecule has 0 fully saturated rings. The minimum absolute atomic E-state index is 0.0251. The Morgan fingerprint density at radius 3 is 2.37 bits per heavy atom. The fourth-order valence-electron chi connectivity index (χ4n) is 3.05. The first-order chi connectivity index (χ1) is 12.8. The molecule has 1 heterocycles. The summed E-state index contributed by atoms with van der Waals surface area (Å²) in [5, 5.41) is 13.8. The molecule has 3 aromatic rings. The Balaban J connectivity index is 2.04. The van der Waals surface area contributed by atoms with Crippen molar-refractivity contribution in [2.45, 2.75) is 27.7 Å². The molecule has 7 heteroatoms. The van der Waals surface area contributed by atoms with Crippen molar-refractivity contribution in [2.75, 3.05) is 0 Å². The van der Waals surface area contributed by atoms with E-state index in [0.29, 0.717) is 22.7 Å². The van der Waals surface area contributed by atoms with Gasteiger partial charge in [-0.15, -0.1) is 0 Å². The van der Waals surface area contributed by atoms with Gasteiger partial charge in [-0.2, -0.15) is 0 Å². The highest BCUT2D eigenvalue weighted by atomic mass is 16.6. The first-order valence-corrected chi connectivity index (χ1v) is 8.47. The molecule has 1 N–H and O–H groups in total. The number of nitro groups is 1. The molecular weight excluding hydrogens is 344 g/mol. The number of nitrogens with zero attached hydrogens (tertiary/aromatic N) is 3. The Labute approximate surface area is 156 Å². The van der Waals surface area contributed by atoms with Crippen LogP contribution in [0.4, 0.5) is 11.4 Å². The number of hydrogen-bond acceptors (Lipinski definition) is 4. The van der Waals surface area contributed by atoms with Crippen molar-refractivity contribution in [3.05, 3.63) is 85.3 Å². The Morgan fingerprint density at radius 2 is 1.78 bits per heavy atom. The fourth-order valence-corrected chi connectivity index (χ4v) is 3.05. The summed E-state index contributed by atoms with van der Waals surface area (Å²) < 4.78 is 1.37. The van der Waals surface area contributed by atoms with Gasteiger partial charge in [-0.1, -0.05) is 17.7 Å². The van der Waals surface area contributed by atoms with Crippen LogP contribution in [0.2, 0.25) is 0 Å². The van der Waals surface area contributed by atoms with E-state index in [2.05, 4.69) is 10.1 Å². The maximum atomic E-state index is 12.9. The van der Waals surface area contributed by atoms with Crippen molar-refractivity contribution < 1.29 is 4.92 Å². The van der Waals surface area contributed by atoms with Gasteiger partial charge in [0.25, 0.3) is 11.2 Å². The lowest BCUT2D eigenvalue weighted by atomic mass is 10.1. The number of nitro benzene ring substituents is 1. The molecule has 3 rings (SSSR count). The molecule has 1 aromatic heterocycles. The SMILES string of the molecule is CC(=Nc1ccc(C)cc1C)c1c(C)[nH]n(-c2ccc([N+](=O)[O-])cc2)c1=O. The van der Waals surface area contributed by atoms with E-state index < -0.39 is 4.92 Å². The summed E-state index contributed by atoms with van der Waals surface area (Å²) in [6.07, 6.45) is 0. The van der Waals surface area contributed by atoms with E-state index in [1.807, 2.05) is 32.0 Å². The molecule has 27 heavy (non-hydrogen) atoms. The van der Waals surface area contributed by atoms with Gasteiger partial charge in [-0.05, 0) is 51.5 Å². The molecule has 138 valence electrons. The summed E-state index contributed by atoms with van der Waals surface area (Å²) in [5.74, 6) is 0. The largest absolute Gasteiger partial charge is 0.295 e. The van der Waals surface area contributed by atoms with Crippen LogP contribution in [0.15, 0.2) is 52.3 Å². The lowest BCUT2D eigenvalue weighted by Gasteiger charge is -2.03. The van der Waals surface area contributed by atoms with Crippen LogP contribution < -0.4 is 5.56 Å². The molecule has 0 saturated heterocycles. The number of aryl methyl sites for hydroxylation is 3. The van der Waals surface area contributed by atoms with Gasteiger partial charge in [-0.25, -0.2) is 4.68 Å². The molecule has 0 spiro atoms. The van der Waals surface area contributed by atoms with Gasteiger partial charge < -0.3 is 0 Å². The monoisotopic (exact) mass is 364 g/mol. The average molecular weight is 364 g/mol. The number of aromatic nitrogens is 2. The predicted molar refractivity (Wildman–Crippen MR) is 106 cm³/mol. The van der Waals surface area contributed by atoms with Crippen LogP contribution in [0.3, 0.4) is 0 Å². The number of nitrogens with one attached hydrogen (secondary N) is 1. The maximum absolute atomic E-state index is 12.9. The van der Waals surface area contributed by atoms with Crippen molar-refractivity contribution >= 4 is 17.1 Å². The van der Waals surface area contributed by atoms with Gasteiger partial charge in [0, 0.05) is 17.8 Å². The predicted octanol–water partition coefficient (Wildman–Crippen LogP) is 4.14. The fraction of sp³-hybridized carbons (Fsp3) is 0.200. The Kier molecular flexibility index (Phi) is 4.77. The third-order valence-electron chi connectivity index (χ3n) is 4.39. The van der Waals surface area contributed by atoms with Crippen molar-refractivity contribution in [1.29, 1.82) is 0 Å². The molecule has 0 aliphatic rings. The summed E-state index contributed by atoms with van der Waals surface area (Å²) >= 11 is 0. The number of rotatable bonds is 4. The van der Waals surface area contributed by atoms with E-state index in [4.69, 9.17) is 0 Å². The zero-order valence-electron chi connectivity index (χ0n) is 15.6. The number of H-pyrrole nitrogens is 1. The van der Waals surface area contributed by atoms with Gasteiger partial charge in [-0.3, -0.25) is 25.0 Å². The normalized spacial score (nSPS) is 11.6. The molecule has 0 unspecified atom stereocenters. The number of aliphatic imine (C=N–C) groups is 1. The van der Waals surface area contributed by atoms with Crippen LogP contribution in [0.5, 0.6) is 0 Å². The van der Waals surface area contributed by atoms with E-state index in [-0.39, 0.29) is 11.2 Å². The van der Waals surface area contributed by atoms with Crippen molar-refractivity contribution in [2.24, 2.45) is 4.99 Å². The van der Waals surface area contributed by atoms with Crippen LogP contribution in [0.1, 0.15) is 29.3 Å². The minimum atomic E-state index is -0.474. The summed E-state index contributed by atoms with van der Waals surface area (Å²) in [6.45, 7) is 7.61. The molecule has 0 atom stereocenters. The highest BCUT2D eigenvalue weighted by Crippen LogP contribution is 2.21. The van der Waals surface area contributed by atoms with Crippen LogP contribution in [-0.4, -0.2) is 20.4 Å². The van der Waals surface area contributed by atoms with Crippen LogP contribution in [0.25, 0.3) is 5.69 Å². The van der Waals surface area contributed by atoms with Gasteiger partial charge in [0.2, 0.25) is 0 Å². The molecular formula is C20H20N4O3.